The highest BCUT2D eigenvalue weighted by Gasteiger charge is 2.12. The molecule has 3 nitrogen and oxygen atoms in total. The monoisotopic (exact) mass is 312 g/mol. The summed E-state index contributed by atoms with van der Waals surface area (Å²) in [5.74, 6) is 5.69. The van der Waals surface area contributed by atoms with Crippen molar-refractivity contribution in [3.63, 3.8) is 0 Å². The van der Waals surface area contributed by atoms with E-state index in [1.54, 1.807) is 18.2 Å². The summed E-state index contributed by atoms with van der Waals surface area (Å²) in [7, 11) is 0. The maximum atomic E-state index is 12.1. The highest BCUT2D eigenvalue weighted by molar-refractivity contribution is 6.30. The molecule has 112 valence electrons. The van der Waals surface area contributed by atoms with Crippen LogP contribution in [0.3, 0.4) is 0 Å². The van der Waals surface area contributed by atoms with Crippen molar-refractivity contribution in [3.05, 3.63) is 64.7 Å². The van der Waals surface area contributed by atoms with Crippen LogP contribution in [-0.2, 0) is 6.42 Å². The smallest absolute Gasteiger partial charge is 0.387 e. The van der Waals surface area contributed by atoms with E-state index in [4.69, 9.17) is 17.4 Å². The van der Waals surface area contributed by atoms with E-state index in [2.05, 4.69) is 10.2 Å². The van der Waals surface area contributed by atoms with Crippen LogP contribution >= 0.6 is 11.6 Å². The molecule has 0 fully saturated rings. The van der Waals surface area contributed by atoms with Gasteiger partial charge in [-0.15, -0.1) is 0 Å². The summed E-state index contributed by atoms with van der Waals surface area (Å²) in [5.41, 5.74) is 4.61. The van der Waals surface area contributed by atoms with Crippen LogP contribution in [0.2, 0.25) is 5.02 Å². The Morgan fingerprint density at radius 2 is 1.86 bits per heavy atom. The lowest BCUT2D eigenvalue weighted by molar-refractivity contribution is -0.0498. The third kappa shape index (κ3) is 4.67. The summed E-state index contributed by atoms with van der Waals surface area (Å²) in [5, 5.41) is 0.656. The molecule has 0 spiro atoms. The van der Waals surface area contributed by atoms with Gasteiger partial charge in [0.1, 0.15) is 5.75 Å². The molecule has 0 aliphatic rings. The molecule has 0 heterocycles. The molecule has 1 unspecified atom stereocenters. The number of nitrogens with one attached hydrogen (secondary N) is 1. The zero-order chi connectivity index (χ0) is 15.2. The fourth-order valence-corrected chi connectivity index (χ4v) is 2.27. The lowest BCUT2D eigenvalue weighted by Gasteiger charge is -2.17. The van der Waals surface area contributed by atoms with Crippen LogP contribution in [0, 0.1) is 0 Å². The first-order valence-electron chi connectivity index (χ1n) is 6.34. The molecule has 0 aliphatic carbocycles. The fourth-order valence-electron chi connectivity index (χ4n) is 2.05. The molecule has 2 aromatic rings. The molecule has 2 rings (SSSR count). The topological polar surface area (TPSA) is 47.3 Å². The number of hydrazine groups is 1. The molecule has 21 heavy (non-hydrogen) atoms. The minimum absolute atomic E-state index is 0.118. The zero-order valence-corrected chi connectivity index (χ0v) is 11.9. The minimum Gasteiger partial charge on any atom is -0.435 e. The third-order valence-corrected chi connectivity index (χ3v) is 3.27. The molecule has 0 aromatic heterocycles. The van der Waals surface area contributed by atoms with E-state index in [0.717, 1.165) is 11.1 Å². The van der Waals surface area contributed by atoms with Gasteiger partial charge in [0.05, 0.1) is 0 Å². The summed E-state index contributed by atoms with van der Waals surface area (Å²) in [6, 6.07) is 13.7. The highest BCUT2D eigenvalue weighted by atomic mass is 35.5. The van der Waals surface area contributed by atoms with Crippen molar-refractivity contribution >= 4 is 11.6 Å². The summed E-state index contributed by atoms with van der Waals surface area (Å²) >= 11 is 5.95. The van der Waals surface area contributed by atoms with Crippen LogP contribution < -0.4 is 16.0 Å². The van der Waals surface area contributed by atoms with Crippen molar-refractivity contribution in [2.45, 2.75) is 19.1 Å². The Morgan fingerprint density at radius 1 is 1.14 bits per heavy atom. The first kappa shape index (κ1) is 15.7. The van der Waals surface area contributed by atoms with Gasteiger partial charge < -0.3 is 4.74 Å². The predicted molar refractivity (Wildman–Crippen MR) is 78.3 cm³/mol. The van der Waals surface area contributed by atoms with Crippen LogP contribution in [0.4, 0.5) is 8.78 Å². The maximum Gasteiger partial charge on any atom is 0.387 e. The minimum atomic E-state index is -2.83. The van der Waals surface area contributed by atoms with Crippen LogP contribution in [0.5, 0.6) is 5.75 Å². The summed E-state index contributed by atoms with van der Waals surface area (Å²) < 4.78 is 28.5. The maximum absolute atomic E-state index is 12.1. The second-order valence-corrected chi connectivity index (χ2v) is 4.94. The molecule has 0 aliphatic heterocycles. The third-order valence-electron chi connectivity index (χ3n) is 3.04. The number of hydrogen-bond acceptors (Lipinski definition) is 3. The average molecular weight is 313 g/mol. The SMILES string of the molecule is NNC(Cc1cccc(Cl)c1)c1ccc(OC(F)F)cc1. The second-order valence-electron chi connectivity index (χ2n) is 4.50. The van der Waals surface area contributed by atoms with E-state index in [9.17, 15) is 8.78 Å². The van der Waals surface area contributed by atoms with Gasteiger partial charge in [-0.1, -0.05) is 35.9 Å². The van der Waals surface area contributed by atoms with Crippen molar-refractivity contribution in [1.29, 1.82) is 0 Å². The number of alkyl halides is 2. The number of benzene rings is 2. The zero-order valence-electron chi connectivity index (χ0n) is 11.1. The molecule has 3 N–H and O–H groups in total. The molecular weight excluding hydrogens is 298 g/mol. The van der Waals surface area contributed by atoms with E-state index in [1.807, 2.05) is 18.2 Å². The van der Waals surface area contributed by atoms with Gasteiger partial charge in [0.15, 0.2) is 0 Å². The molecule has 0 radical (unpaired) electrons. The number of rotatable bonds is 6. The first-order chi connectivity index (χ1) is 10.1. The summed E-state index contributed by atoms with van der Waals surface area (Å²) in [4.78, 5) is 0. The van der Waals surface area contributed by atoms with Gasteiger partial charge in [0.25, 0.3) is 0 Å². The highest BCUT2D eigenvalue weighted by Crippen LogP contribution is 2.23. The Morgan fingerprint density at radius 3 is 2.43 bits per heavy atom. The molecule has 0 saturated carbocycles. The van der Waals surface area contributed by atoms with E-state index < -0.39 is 6.61 Å². The first-order valence-corrected chi connectivity index (χ1v) is 6.71. The van der Waals surface area contributed by atoms with E-state index in [0.29, 0.717) is 11.4 Å². The van der Waals surface area contributed by atoms with Gasteiger partial charge >= 0.3 is 6.61 Å². The summed E-state index contributed by atoms with van der Waals surface area (Å²) in [6.07, 6.45) is 0.631. The van der Waals surface area contributed by atoms with Crippen molar-refractivity contribution in [2.24, 2.45) is 5.84 Å². The normalized spacial score (nSPS) is 12.4. The summed E-state index contributed by atoms with van der Waals surface area (Å²) in [6.45, 7) is -2.83. The van der Waals surface area contributed by atoms with Gasteiger partial charge in [0, 0.05) is 11.1 Å². The van der Waals surface area contributed by atoms with E-state index >= 15 is 0 Å². The number of halogens is 3. The molecule has 1 atom stereocenters. The number of hydrogen-bond donors (Lipinski definition) is 2. The quantitative estimate of drug-likeness (QED) is 0.632. The van der Waals surface area contributed by atoms with Gasteiger partial charge in [0.2, 0.25) is 0 Å². The van der Waals surface area contributed by atoms with Gasteiger partial charge in [-0.05, 0) is 41.8 Å². The molecule has 0 amide bonds. The van der Waals surface area contributed by atoms with Crippen LogP contribution in [0.15, 0.2) is 48.5 Å². The average Bonchev–Trinajstić information content (AvgIpc) is 2.45. The molecule has 0 saturated heterocycles. The van der Waals surface area contributed by atoms with Gasteiger partial charge in [-0.3, -0.25) is 11.3 Å². The van der Waals surface area contributed by atoms with E-state index in [-0.39, 0.29) is 11.8 Å². The van der Waals surface area contributed by atoms with Crippen LogP contribution in [0.1, 0.15) is 17.2 Å². The fraction of sp³-hybridized carbons (Fsp3) is 0.200. The Balaban J connectivity index is 2.10. The van der Waals surface area contributed by atoms with Crippen molar-refractivity contribution in [1.82, 2.24) is 5.43 Å². The second kappa shape index (κ2) is 7.36. The van der Waals surface area contributed by atoms with Crippen molar-refractivity contribution in [3.8, 4) is 5.75 Å². The lowest BCUT2D eigenvalue weighted by atomic mass is 9.99. The van der Waals surface area contributed by atoms with Gasteiger partial charge in [-0.2, -0.15) is 8.78 Å². The molecular formula is C15H15ClF2N2O. The molecule has 6 heteroatoms. The standard InChI is InChI=1S/C15H15ClF2N2O/c16-12-3-1-2-10(8-12)9-14(20-19)11-4-6-13(7-5-11)21-15(17)18/h1-8,14-15,20H,9,19H2. The number of ether oxygens (including phenoxy) is 1. The largest absolute Gasteiger partial charge is 0.435 e. The number of nitrogens with two attached hydrogens (primary N) is 1. The van der Waals surface area contributed by atoms with Crippen molar-refractivity contribution in [2.75, 3.05) is 0 Å². The Hall–Kier alpha value is -1.69. The van der Waals surface area contributed by atoms with Crippen molar-refractivity contribution < 1.29 is 13.5 Å². The van der Waals surface area contributed by atoms with Gasteiger partial charge in [-0.25, -0.2) is 0 Å². The van der Waals surface area contributed by atoms with E-state index in [1.165, 1.54) is 12.1 Å². The Bertz CT molecular complexity index is 578. The molecule has 0 bridgehead atoms. The Labute approximate surface area is 126 Å². The predicted octanol–water partition coefficient (Wildman–Crippen LogP) is 3.69. The molecule has 2 aromatic carbocycles. The Kier molecular flexibility index (Phi) is 5.50. The van der Waals surface area contributed by atoms with Crippen LogP contribution in [0.25, 0.3) is 0 Å². The lowest BCUT2D eigenvalue weighted by Crippen LogP contribution is -2.29. The van der Waals surface area contributed by atoms with Crippen LogP contribution in [-0.4, -0.2) is 6.61 Å².